The average Bonchev–Trinajstić information content (AvgIpc) is 3.07. The number of fused-ring (bicyclic) bond motifs is 2. The second kappa shape index (κ2) is 6.56. The Morgan fingerprint density at radius 1 is 1.29 bits per heavy atom. The Morgan fingerprint density at radius 3 is 2.62 bits per heavy atom. The second-order valence-corrected chi connectivity index (χ2v) is 8.48. The van der Waals surface area contributed by atoms with Crippen molar-refractivity contribution >= 4 is 22.0 Å². The molecule has 2 unspecified atom stereocenters. The molecule has 2 heterocycles. The van der Waals surface area contributed by atoms with Crippen LogP contribution < -0.4 is 4.74 Å². The van der Waals surface area contributed by atoms with Crippen molar-refractivity contribution in [1.82, 2.24) is 9.80 Å². The minimum absolute atomic E-state index is 0.184. The molecule has 1 aromatic rings. The molecule has 1 aromatic carbocycles. The molecule has 2 atom stereocenters. The fourth-order valence-electron chi connectivity index (χ4n) is 3.56. The molecule has 2 aliphatic rings. The molecule has 0 aliphatic carbocycles. The number of halogens is 1. The van der Waals surface area contributed by atoms with E-state index in [9.17, 15) is 4.79 Å². The van der Waals surface area contributed by atoms with Gasteiger partial charge in [-0.2, -0.15) is 0 Å². The fourth-order valence-corrected chi connectivity index (χ4v) is 3.90. The quantitative estimate of drug-likeness (QED) is 0.781. The van der Waals surface area contributed by atoms with Gasteiger partial charge >= 0.3 is 6.09 Å². The summed E-state index contributed by atoms with van der Waals surface area (Å²) in [6.07, 6.45) is 0.842. The first-order valence-electron chi connectivity index (χ1n) is 8.33. The predicted octanol–water partition coefficient (Wildman–Crippen LogP) is 3.65. The fraction of sp³-hybridized carbons (Fsp3) is 0.611. The van der Waals surface area contributed by atoms with E-state index in [1.165, 1.54) is 5.56 Å². The molecule has 24 heavy (non-hydrogen) atoms. The van der Waals surface area contributed by atoms with Crippen LogP contribution in [-0.2, 0) is 11.3 Å². The van der Waals surface area contributed by atoms with Crippen molar-refractivity contribution in [1.29, 1.82) is 0 Å². The Morgan fingerprint density at radius 2 is 2.04 bits per heavy atom. The number of rotatable bonds is 3. The Bertz CT molecular complexity index is 629. The molecule has 2 bridgehead atoms. The lowest BCUT2D eigenvalue weighted by atomic mass is 10.1. The molecule has 0 spiro atoms. The van der Waals surface area contributed by atoms with Gasteiger partial charge in [0.15, 0.2) is 0 Å². The van der Waals surface area contributed by atoms with Crippen molar-refractivity contribution in [3.63, 3.8) is 0 Å². The standard InChI is InChI=1S/C18H25BrN2O3/c1-18(2,3)24-17(22)21-11-14-8-15(21)10-20(14)9-12-5-6-13(19)7-16(12)23-4/h5-7,14-15H,8-11H2,1-4H3. The van der Waals surface area contributed by atoms with Crippen LogP contribution >= 0.6 is 15.9 Å². The van der Waals surface area contributed by atoms with E-state index >= 15 is 0 Å². The van der Waals surface area contributed by atoms with Crippen LogP contribution in [0.5, 0.6) is 5.75 Å². The summed E-state index contributed by atoms with van der Waals surface area (Å²) < 4.78 is 12.0. The topological polar surface area (TPSA) is 42.0 Å². The lowest BCUT2D eigenvalue weighted by Crippen LogP contribution is -2.49. The largest absolute Gasteiger partial charge is 0.496 e. The normalized spacial score (nSPS) is 23.6. The molecular formula is C18H25BrN2O3. The Balaban J connectivity index is 1.63. The molecule has 0 N–H and O–H groups in total. The van der Waals surface area contributed by atoms with Gasteiger partial charge in [0, 0.05) is 41.8 Å². The van der Waals surface area contributed by atoms with E-state index in [0.29, 0.717) is 6.04 Å². The molecule has 6 heteroatoms. The monoisotopic (exact) mass is 396 g/mol. The first kappa shape index (κ1) is 17.5. The Hall–Kier alpha value is -1.27. The lowest BCUT2D eigenvalue weighted by Gasteiger charge is -2.35. The highest BCUT2D eigenvalue weighted by molar-refractivity contribution is 9.10. The van der Waals surface area contributed by atoms with Crippen molar-refractivity contribution in [2.75, 3.05) is 20.2 Å². The zero-order chi connectivity index (χ0) is 17.5. The maximum absolute atomic E-state index is 12.3. The molecule has 2 aliphatic heterocycles. The Labute approximate surface area is 152 Å². The summed E-state index contributed by atoms with van der Waals surface area (Å²) in [7, 11) is 1.70. The van der Waals surface area contributed by atoms with Gasteiger partial charge in [-0.3, -0.25) is 4.90 Å². The maximum Gasteiger partial charge on any atom is 0.410 e. The number of carbonyl (C=O) groups excluding carboxylic acids is 1. The van der Waals surface area contributed by atoms with Gasteiger partial charge in [0.25, 0.3) is 0 Å². The molecule has 0 aromatic heterocycles. The van der Waals surface area contributed by atoms with Crippen molar-refractivity contribution in [2.45, 2.75) is 51.4 Å². The highest BCUT2D eigenvalue weighted by Crippen LogP contribution is 2.34. The van der Waals surface area contributed by atoms with E-state index in [1.807, 2.05) is 37.8 Å². The van der Waals surface area contributed by atoms with Crippen LogP contribution in [0.1, 0.15) is 32.8 Å². The van der Waals surface area contributed by atoms with Gasteiger partial charge in [-0.05, 0) is 39.3 Å². The first-order chi connectivity index (χ1) is 11.3. The highest BCUT2D eigenvalue weighted by Gasteiger charge is 2.46. The molecule has 5 nitrogen and oxygen atoms in total. The molecule has 3 rings (SSSR count). The SMILES string of the molecule is COc1cc(Br)ccc1CN1CC2CC1CN2C(=O)OC(C)(C)C. The number of amides is 1. The molecule has 0 radical (unpaired) electrons. The molecule has 2 saturated heterocycles. The molecule has 132 valence electrons. The highest BCUT2D eigenvalue weighted by atomic mass is 79.9. The summed E-state index contributed by atoms with van der Waals surface area (Å²) in [6.45, 7) is 8.21. The second-order valence-electron chi connectivity index (χ2n) is 7.56. The third-order valence-corrected chi connectivity index (χ3v) is 5.10. The van der Waals surface area contributed by atoms with Crippen LogP contribution in [0.4, 0.5) is 4.79 Å². The summed E-state index contributed by atoms with van der Waals surface area (Å²) >= 11 is 3.48. The van der Waals surface area contributed by atoms with E-state index in [-0.39, 0.29) is 12.1 Å². The minimum atomic E-state index is -0.441. The van der Waals surface area contributed by atoms with E-state index in [2.05, 4.69) is 26.9 Å². The number of hydrogen-bond donors (Lipinski definition) is 0. The number of likely N-dealkylation sites (tertiary alicyclic amines) is 2. The molecule has 0 saturated carbocycles. The van der Waals surface area contributed by atoms with Crippen molar-refractivity contribution in [3.8, 4) is 5.75 Å². The van der Waals surface area contributed by atoms with Crippen molar-refractivity contribution < 1.29 is 14.3 Å². The smallest absolute Gasteiger partial charge is 0.410 e. The third kappa shape index (κ3) is 3.70. The van der Waals surface area contributed by atoms with Crippen molar-refractivity contribution in [2.24, 2.45) is 0 Å². The molecule has 2 fully saturated rings. The molecular weight excluding hydrogens is 372 g/mol. The number of hydrogen-bond acceptors (Lipinski definition) is 4. The summed E-state index contributed by atoms with van der Waals surface area (Å²) in [5, 5.41) is 0. The number of piperazine rings is 1. The van der Waals surface area contributed by atoms with Gasteiger partial charge in [0.2, 0.25) is 0 Å². The summed E-state index contributed by atoms with van der Waals surface area (Å²) in [5.41, 5.74) is 0.737. The zero-order valence-electron chi connectivity index (χ0n) is 14.7. The molecule has 1 amide bonds. The maximum atomic E-state index is 12.3. The van der Waals surface area contributed by atoms with Gasteiger partial charge in [-0.1, -0.05) is 22.0 Å². The third-order valence-electron chi connectivity index (χ3n) is 4.60. The average molecular weight is 397 g/mol. The zero-order valence-corrected chi connectivity index (χ0v) is 16.3. The number of ether oxygens (including phenoxy) is 2. The number of benzene rings is 1. The van der Waals surface area contributed by atoms with Crippen LogP contribution in [0.2, 0.25) is 0 Å². The lowest BCUT2D eigenvalue weighted by molar-refractivity contribution is 0.0123. The van der Waals surface area contributed by atoms with Crippen LogP contribution in [0.15, 0.2) is 22.7 Å². The summed E-state index contributed by atoms with van der Waals surface area (Å²) in [4.78, 5) is 16.6. The van der Waals surface area contributed by atoms with Crippen LogP contribution in [-0.4, -0.2) is 53.8 Å². The van der Waals surface area contributed by atoms with E-state index in [4.69, 9.17) is 9.47 Å². The van der Waals surface area contributed by atoms with Crippen LogP contribution in [0, 0.1) is 0 Å². The van der Waals surface area contributed by atoms with Gasteiger partial charge in [0.05, 0.1) is 7.11 Å². The van der Waals surface area contributed by atoms with Gasteiger partial charge in [-0.15, -0.1) is 0 Å². The first-order valence-corrected chi connectivity index (χ1v) is 9.12. The number of nitrogens with zero attached hydrogens (tertiary/aromatic N) is 2. The summed E-state index contributed by atoms with van der Waals surface area (Å²) in [6, 6.07) is 6.79. The number of carbonyl (C=O) groups is 1. The summed E-state index contributed by atoms with van der Waals surface area (Å²) in [5.74, 6) is 0.899. The predicted molar refractivity (Wildman–Crippen MR) is 96.2 cm³/mol. The van der Waals surface area contributed by atoms with E-state index < -0.39 is 5.60 Å². The number of methoxy groups -OCH3 is 1. The van der Waals surface area contributed by atoms with Gasteiger partial charge in [0.1, 0.15) is 11.4 Å². The van der Waals surface area contributed by atoms with E-state index in [0.717, 1.165) is 36.3 Å². The Kier molecular flexibility index (Phi) is 4.80. The van der Waals surface area contributed by atoms with Gasteiger partial charge < -0.3 is 14.4 Å². The minimum Gasteiger partial charge on any atom is -0.496 e. The van der Waals surface area contributed by atoms with E-state index in [1.54, 1.807) is 7.11 Å². The van der Waals surface area contributed by atoms with Crippen LogP contribution in [0.3, 0.4) is 0 Å². The van der Waals surface area contributed by atoms with Crippen LogP contribution in [0.25, 0.3) is 0 Å². The van der Waals surface area contributed by atoms with Gasteiger partial charge in [-0.25, -0.2) is 4.79 Å². The van der Waals surface area contributed by atoms with Crippen molar-refractivity contribution in [3.05, 3.63) is 28.2 Å².